The van der Waals surface area contributed by atoms with Crippen LogP contribution >= 0.6 is 0 Å². The smallest absolute Gasteiger partial charge is 0.247 e. The SMILES string of the molecule is CCN(CCCCCNC(=O)C1=Cc2cc(OC)c(OC)cc2CCC1)Cc1ccccc1. The van der Waals surface area contributed by atoms with Gasteiger partial charge in [-0.15, -0.1) is 0 Å². The number of unbranched alkanes of at least 4 members (excludes halogenated alkanes) is 2. The van der Waals surface area contributed by atoms with Gasteiger partial charge in [0.15, 0.2) is 11.5 Å². The second kappa shape index (κ2) is 13.0. The van der Waals surface area contributed by atoms with E-state index in [2.05, 4.69) is 47.5 Å². The van der Waals surface area contributed by atoms with Crippen LogP contribution in [0.15, 0.2) is 48.0 Å². The van der Waals surface area contributed by atoms with E-state index < -0.39 is 0 Å². The molecule has 0 aromatic heterocycles. The van der Waals surface area contributed by atoms with Crippen molar-refractivity contribution in [2.75, 3.05) is 33.9 Å². The molecule has 33 heavy (non-hydrogen) atoms. The number of benzene rings is 2. The van der Waals surface area contributed by atoms with Crippen LogP contribution in [0.5, 0.6) is 11.5 Å². The third-order valence-electron chi connectivity index (χ3n) is 6.29. The maximum Gasteiger partial charge on any atom is 0.247 e. The number of fused-ring (bicyclic) bond motifs is 1. The number of ether oxygens (including phenoxy) is 2. The lowest BCUT2D eigenvalue weighted by atomic mass is 10.0. The van der Waals surface area contributed by atoms with Crippen LogP contribution in [-0.4, -0.2) is 44.7 Å². The molecule has 0 fully saturated rings. The topological polar surface area (TPSA) is 50.8 Å². The Kier molecular flexibility index (Phi) is 9.82. The Morgan fingerprint density at radius 2 is 1.76 bits per heavy atom. The number of aryl methyl sites for hydroxylation is 1. The first-order valence-corrected chi connectivity index (χ1v) is 12.1. The first kappa shape index (κ1) is 24.8. The lowest BCUT2D eigenvalue weighted by Crippen LogP contribution is -2.26. The third kappa shape index (κ3) is 7.36. The fourth-order valence-corrected chi connectivity index (χ4v) is 4.34. The first-order chi connectivity index (χ1) is 16.1. The summed E-state index contributed by atoms with van der Waals surface area (Å²) < 4.78 is 10.9. The van der Waals surface area contributed by atoms with E-state index in [0.717, 1.165) is 81.6 Å². The standard InChI is InChI=1S/C28H38N2O3/c1-4-30(21-22-12-7-5-8-13-22)17-10-6-9-16-29-28(31)24-15-11-14-23-19-26(32-2)27(33-3)20-25(23)18-24/h5,7-8,12-13,18-20H,4,6,9-11,14-17,21H2,1-3H3,(H,29,31). The summed E-state index contributed by atoms with van der Waals surface area (Å²) in [5.74, 6) is 1.49. The minimum absolute atomic E-state index is 0.0527. The Morgan fingerprint density at radius 1 is 1.00 bits per heavy atom. The molecule has 1 N–H and O–H groups in total. The second-order valence-corrected chi connectivity index (χ2v) is 8.60. The molecule has 0 saturated heterocycles. The van der Waals surface area contributed by atoms with E-state index in [1.54, 1.807) is 14.2 Å². The molecule has 0 saturated carbocycles. The molecule has 0 aliphatic heterocycles. The zero-order valence-electron chi connectivity index (χ0n) is 20.4. The number of amides is 1. The lowest BCUT2D eigenvalue weighted by Gasteiger charge is -2.20. The van der Waals surface area contributed by atoms with Gasteiger partial charge in [0, 0.05) is 18.7 Å². The van der Waals surface area contributed by atoms with Gasteiger partial charge in [-0.05, 0) is 80.1 Å². The van der Waals surface area contributed by atoms with E-state index >= 15 is 0 Å². The van der Waals surface area contributed by atoms with Crippen molar-refractivity contribution in [3.8, 4) is 11.5 Å². The fourth-order valence-electron chi connectivity index (χ4n) is 4.34. The van der Waals surface area contributed by atoms with E-state index in [1.165, 1.54) is 11.1 Å². The summed E-state index contributed by atoms with van der Waals surface area (Å²) in [5.41, 5.74) is 4.46. The average molecular weight is 451 g/mol. The molecule has 3 rings (SSSR count). The van der Waals surface area contributed by atoms with Gasteiger partial charge in [-0.25, -0.2) is 0 Å². The zero-order valence-corrected chi connectivity index (χ0v) is 20.4. The van der Waals surface area contributed by atoms with Crippen molar-refractivity contribution >= 4 is 12.0 Å². The first-order valence-electron chi connectivity index (χ1n) is 12.1. The Balaban J connectivity index is 1.43. The van der Waals surface area contributed by atoms with Crippen molar-refractivity contribution in [3.05, 3.63) is 64.7 Å². The molecule has 0 spiro atoms. The van der Waals surface area contributed by atoms with Gasteiger partial charge >= 0.3 is 0 Å². The molecule has 5 heteroatoms. The van der Waals surface area contributed by atoms with E-state index in [4.69, 9.17) is 9.47 Å². The van der Waals surface area contributed by atoms with E-state index in [-0.39, 0.29) is 5.91 Å². The highest BCUT2D eigenvalue weighted by Gasteiger charge is 2.17. The quantitative estimate of drug-likeness (QED) is 0.450. The normalized spacial score (nSPS) is 13.2. The largest absolute Gasteiger partial charge is 0.493 e. The van der Waals surface area contributed by atoms with Gasteiger partial charge in [-0.2, -0.15) is 0 Å². The number of hydrogen-bond donors (Lipinski definition) is 1. The number of methoxy groups -OCH3 is 2. The monoisotopic (exact) mass is 450 g/mol. The van der Waals surface area contributed by atoms with E-state index in [0.29, 0.717) is 5.75 Å². The van der Waals surface area contributed by atoms with Gasteiger partial charge in [0.05, 0.1) is 14.2 Å². The predicted molar refractivity (Wildman–Crippen MR) is 135 cm³/mol. The predicted octanol–water partition coefficient (Wildman–Crippen LogP) is 5.23. The Hall–Kier alpha value is -2.79. The zero-order chi connectivity index (χ0) is 23.5. The summed E-state index contributed by atoms with van der Waals surface area (Å²) in [6, 6.07) is 14.6. The van der Waals surface area contributed by atoms with Crippen molar-refractivity contribution in [1.29, 1.82) is 0 Å². The van der Waals surface area contributed by atoms with Crippen LogP contribution < -0.4 is 14.8 Å². The number of rotatable bonds is 12. The molecule has 1 aliphatic rings. The number of carbonyl (C=O) groups excluding carboxylic acids is 1. The molecule has 5 nitrogen and oxygen atoms in total. The summed E-state index contributed by atoms with van der Waals surface area (Å²) in [5, 5.41) is 3.13. The van der Waals surface area contributed by atoms with E-state index in [9.17, 15) is 4.79 Å². The fraction of sp³-hybridized carbons (Fsp3) is 0.464. The molecule has 0 atom stereocenters. The van der Waals surface area contributed by atoms with Gasteiger partial charge in [-0.1, -0.05) is 43.7 Å². The number of hydrogen-bond acceptors (Lipinski definition) is 4. The van der Waals surface area contributed by atoms with E-state index in [1.807, 2.05) is 18.2 Å². The molecule has 0 unspecified atom stereocenters. The van der Waals surface area contributed by atoms with Crippen molar-refractivity contribution in [2.45, 2.75) is 52.0 Å². The molecular formula is C28H38N2O3. The second-order valence-electron chi connectivity index (χ2n) is 8.60. The van der Waals surface area contributed by atoms with Crippen LogP contribution in [0.2, 0.25) is 0 Å². The molecule has 178 valence electrons. The molecule has 2 aromatic rings. The number of carbonyl (C=O) groups is 1. The summed E-state index contributed by atoms with van der Waals surface area (Å²) in [4.78, 5) is 15.3. The summed E-state index contributed by atoms with van der Waals surface area (Å²) in [7, 11) is 3.29. The molecule has 1 amide bonds. The lowest BCUT2D eigenvalue weighted by molar-refractivity contribution is -0.117. The van der Waals surface area contributed by atoms with Crippen molar-refractivity contribution in [3.63, 3.8) is 0 Å². The highest BCUT2D eigenvalue weighted by Crippen LogP contribution is 2.34. The minimum Gasteiger partial charge on any atom is -0.493 e. The molecular weight excluding hydrogens is 412 g/mol. The van der Waals surface area contributed by atoms with Crippen LogP contribution in [0.1, 0.15) is 55.7 Å². The van der Waals surface area contributed by atoms with Gasteiger partial charge in [0.25, 0.3) is 0 Å². The Morgan fingerprint density at radius 3 is 2.48 bits per heavy atom. The van der Waals surface area contributed by atoms with Gasteiger partial charge in [-0.3, -0.25) is 9.69 Å². The maximum atomic E-state index is 12.8. The summed E-state index contributed by atoms with van der Waals surface area (Å²) >= 11 is 0. The van der Waals surface area contributed by atoms with Crippen molar-refractivity contribution < 1.29 is 14.3 Å². The summed E-state index contributed by atoms with van der Waals surface area (Å²) in [6.07, 6.45) is 7.95. The molecule has 0 bridgehead atoms. The minimum atomic E-state index is 0.0527. The number of nitrogens with one attached hydrogen (secondary N) is 1. The molecule has 1 aliphatic carbocycles. The van der Waals surface area contributed by atoms with Crippen LogP contribution in [0.3, 0.4) is 0 Å². The maximum absolute atomic E-state index is 12.8. The highest BCUT2D eigenvalue weighted by atomic mass is 16.5. The third-order valence-corrected chi connectivity index (χ3v) is 6.29. The van der Waals surface area contributed by atoms with Gasteiger partial charge in [0.2, 0.25) is 5.91 Å². The summed E-state index contributed by atoms with van der Waals surface area (Å²) in [6.45, 7) is 6.08. The Bertz CT molecular complexity index is 924. The van der Waals surface area contributed by atoms with Crippen LogP contribution in [0, 0.1) is 0 Å². The molecule has 0 radical (unpaired) electrons. The van der Waals surface area contributed by atoms with Crippen LogP contribution in [-0.2, 0) is 17.8 Å². The van der Waals surface area contributed by atoms with Gasteiger partial charge < -0.3 is 14.8 Å². The van der Waals surface area contributed by atoms with Crippen molar-refractivity contribution in [2.24, 2.45) is 0 Å². The molecule has 2 aromatic carbocycles. The number of nitrogens with zero attached hydrogens (tertiary/aromatic N) is 1. The van der Waals surface area contributed by atoms with Crippen LogP contribution in [0.25, 0.3) is 6.08 Å². The Labute approximate surface area is 198 Å². The average Bonchev–Trinajstić information content (AvgIpc) is 3.06. The van der Waals surface area contributed by atoms with Crippen LogP contribution in [0.4, 0.5) is 0 Å². The van der Waals surface area contributed by atoms with Crippen molar-refractivity contribution in [1.82, 2.24) is 10.2 Å². The molecule has 0 heterocycles. The van der Waals surface area contributed by atoms with Gasteiger partial charge in [0.1, 0.15) is 0 Å². The highest BCUT2D eigenvalue weighted by molar-refractivity contribution is 5.98.